The molecule has 0 heterocycles. The number of aliphatic imine (C=N–C) groups is 1. The van der Waals surface area contributed by atoms with Crippen molar-refractivity contribution in [3.05, 3.63) is 83.7 Å². The molecule has 0 atom stereocenters. The van der Waals surface area contributed by atoms with Gasteiger partial charge in [-0.15, -0.1) is 0 Å². The number of para-hydroxylation sites is 1. The van der Waals surface area contributed by atoms with Crippen LogP contribution in [0.1, 0.15) is 18.1 Å². The number of benzene rings is 3. The van der Waals surface area contributed by atoms with Gasteiger partial charge in [-0.3, -0.25) is 4.99 Å². The van der Waals surface area contributed by atoms with Crippen molar-refractivity contribution >= 4 is 11.9 Å². The zero-order valence-electron chi connectivity index (χ0n) is 15.9. The van der Waals surface area contributed by atoms with Crippen LogP contribution in [0.3, 0.4) is 0 Å². The molecule has 3 aromatic carbocycles. The van der Waals surface area contributed by atoms with Crippen molar-refractivity contribution < 1.29 is 18.6 Å². The van der Waals surface area contributed by atoms with Crippen LogP contribution in [0.5, 0.6) is 17.2 Å². The quantitative estimate of drug-likeness (QED) is 0.481. The fraction of sp³-hybridized carbons (Fsp3) is 0.174. The van der Waals surface area contributed by atoms with E-state index in [0.717, 1.165) is 22.6 Å². The van der Waals surface area contributed by atoms with Gasteiger partial charge in [0.15, 0.2) is 11.5 Å². The lowest BCUT2D eigenvalue weighted by Gasteiger charge is -2.13. The van der Waals surface area contributed by atoms with Crippen LogP contribution >= 0.6 is 0 Å². The monoisotopic (exact) mass is 379 g/mol. The summed E-state index contributed by atoms with van der Waals surface area (Å²) in [5.41, 5.74) is 2.45. The van der Waals surface area contributed by atoms with Gasteiger partial charge in [-0.2, -0.15) is 0 Å². The molecular formula is C23H22FNO3. The third-order valence-corrected chi connectivity index (χ3v) is 4.03. The molecule has 0 amide bonds. The molecule has 0 aromatic heterocycles. The summed E-state index contributed by atoms with van der Waals surface area (Å²) < 4.78 is 29.9. The highest BCUT2D eigenvalue weighted by Gasteiger charge is 2.10. The molecule has 0 unspecified atom stereocenters. The average molecular weight is 379 g/mol. The van der Waals surface area contributed by atoms with E-state index < -0.39 is 0 Å². The van der Waals surface area contributed by atoms with Gasteiger partial charge < -0.3 is 14.2 Å². The fourth-order valence-electron chi connectivity index (χ4n) is 2.62. The maximum atomic E-state index is 13.1. The third-order valence-electron chi connectivity index (χ3n) is 4.03. The molecule has 0 N–H and O–H groups in total. The number of nitrogens with zero attached hydrogens (tertiary/aromatic N) is 1. The van der Waals surface area contributed by atoms with Gasteiger partial charge in [0.1, 0.15) is 18.2 Å². The Bertz CT molecular complexity index is 922. The molecule has 4 nitrogen and oxygen atoms in total. The Morgan fingerprint density at radius 2 is 1.68 bits per heavy atom. The Balaban J connectivity index is 1.79. The molecule has 0 bridgehead atoms. The summed E-state index contributed by atoms with van der Waals surface area (Å²) in [6, 6.07) is 19.4. The highest BCUT2D eigenvalue weighted by molar-refractivity contribution is 5.86. The SMILES string of the molecule is CCOc1ccc(N=Cc2cccc(OC)c2OCc2ccc(F)cc2)cc1. The highest BCUT2D eigenvalue weighted by atomic mass is 19.1. The van der Waals surface area contributed by atoms with Gasteiger partial charge in [0.25, 0.3) is 0 Å². The van der Waals surface area contributed by atoms with Crippen molar-refractivity contribution in [2.75, 3.05) is 13.7 Å². The summed E-state index contributed by atoms with van der Waals surface area (Å²) in [4.78, 5) is 4.51. The fourth-order valence-corrected chi connectivity index (χ4v) is 2.62. The maximum absolute atomic E-state index is 13.1. The number of hydrogen-bond acceptors (Lipinski definition) is 4. The van der Waals surface area contributed by atoms with E-state index in [1.165, 1.54) is 12.1 Å². The molecule has 5 heteroatoms. The smallest absolute Gasteiger partial charge is 0.170 e. The predicted octanol–water partition coefficient (Wildman–Crippen LogP) is 5.56. The topological polar surface area (TPSA) is 40.0 Å². The third kappa shape index (κ3) is 5.10. The maximum Gasteiger partial charge on any atom is 0.170 e. The molecule has 0 aliphatic rings. The first kappa shape index (κ1) is 19.4. The molecule has 0 aliphatic heterocycles. The summed E-state index contributed by atoms with van der Waals surface area (Å²) in [6.07, 6.45) is 1.73. The minimum atomic E-state index is -0.274. The lowest BCUT2D eigenvalue weighted by atomic mass is 10.2. The number of ether oxygens (including phenoxy) is 3. The van der Waals surface area contributed by atoms with Crippen LogP contribution in [-0.2, 0) is 6.61 Å². The second kappa shape index (κ2) is 9.55. The first-order valence-corrected chi connectivity index (χ1v) is 9.00. The molecular weight excluding hydrogens is 357 g/mol. The van der Waals surface area contributed by atoms with Crippen molar-refractivity contribution in [3.8, 4) is 17.2 Å². The standard InChI is InChI=1S/C23H22FNO3/c1-3-27-21-13-11-20(12-14-21)25-15-18-5-4-6-22(26-2)23(18)28-16-17-7-9-19(24)10-8-17/h4-15H,3,16H2,1-2H3. The van der Waals surface area contributed by atoms with Gasteiger partial charge in [-0.05, 0) is 61.0 Å². The molecule has 28 heavy (non-hydrogen) atoms. The van der Waals surface area contributed by atoms with E-state index >= 15 is 0 Å². The zero-order chi connectivity index (χ0) is 19.8. The average Bonchev–Trinajstić information content (AvgIpc) is 2.73. The number of halogens is 1. The van der Waals surface area contributed by atoms with Crippen LogP contribution in [0.25, 0.3) is 0 Å². The number of hydrogen-bond donors (Lipinski definition) is 0. The van der Waals surface area contributed by atoms with Crippen molar-refractivity contribution in [1.29, 1.82) is 0 Å². The molecule has 0 spiro atoms. The van der Waals surface area contributed by atoms with E-state index in [1.54, 1.807) is 25.5 Å². The van der Waals surface area contributed by atoms with Crippen LogP contribution in [0, 0.1) is 5.82 Å². The second-order valence-electron chi connectivity index (χ2n) is 5.98. The van der Waals surface area contributed by atoms with E-state index in [9.17, 15) is 4.39 Å². The van der Waals surface area contributed by atoms with Crippen LogP contribution < -0.4 is 14.2 Å². The van der Waals surface area contributed by atoms with Gasteiger partial charge in [0, 0.05) is 11.8 Å². The Labute approximate surface area is 164 Å². The van der Waals surface area contributed by atoms with E-state index in [2.05, 4.69) is 4.99 Å². The zero-order valence-corrected chi connectivity index (χ0v) is 15.9. The van der Waals surface area contributed by atoms with E-state index in [-0.39, 0.29) is 5.82 Å². The summed E-state index contributed by atoms with van der Waals surface area (Å²) in [5.74, 6) is 1.73. The van der Waals surface area contributed by atoms with Crippen molar-refractivity contribution in [2.45, 2.75) is 13.5 Å². The van der Waals surface area contributed by atoms with Gasteiger partial charge in [0.2, 0.25) is 0 Å². The van der Waals surface area contributed by atoms with E-state index in [4.69, 9.17) is 14.2 Å². The van der Waals surface area contributed by atoms with E-state index in [0.29, 0.717) is 24.7 Å². The molecule has 144 valence electrons. The molecule has 3 aromatic rings. The minimum Gasteiger partial charge on any atom is -0.494 e. The first-order valence-electron chi connectivity index (χ1n) is 9.00. The van der Waals surface area contributed by atoms with Gasteiger partial charge in [0.05, 0.1) is 19.4 Å². The number of rotatable bonds is 8. The van der Waals surface area contributed by atoms with Crippen LogP contribution in [0.4, 0.5) is 10.1 Å². The molecule has 3 rings (SSSR count). The van der Waals surface area contributed by atoms with Gasteiger partial charge in [-0.25, -0.2) is 4.39 Å². The second-order valence-corrected chi connectivity index (χ2v) is 5.98. The van der Waals surface area contributed by atoms with Crippen molar-refractivity contribution in [1.82, 2.24) is 0 Å². The van der Waals surface area contributed by atoms with E-state index in [1.807, 2.05) is 49.4 Å². The summed E-state index contributed by atoms with van der Waals surface area (Å²) in [7, 11) is 1.59. The van der Waals surface area contributed by atoms with Crippen molar-refractivity contribution in [2.24, 2.45) is 4.99 Å². The van der Waals surface area contributed by atoms with Crippen LogP contribution in [0.15, 0.2) is 71.7 Å². The Morgan fingerprint density at radius 1 is 0.929 bits per heavy atom. The lowest BCUT2D eigenvalue weighted by molar-refractivity contribution is 0.284. The van der Waals surface area contributed by atoms with Gasteiger partial charge >= 0.3 is 0 Å². The highest BCUT2D eigenvalue weighted by Crippen LogP contribution is 2.31. The number of methoxy groups -OCH3 is 1. The van der Waals surface area contributed by atoms with Crippen LogP contribution in [-0.4, -0.2) is 19.9 Å². The summed E-state index contributed by atoms with van der Waals surface area (Å²) in [6.45, 7) is 2.87. The summed E-state index contributed by atoms with van der Waals surface area (Å²) >= 11 is 0. The largest absolute Gasteiger partial charge is 0.494 e. The molecule has 0 fully saturated rings. The molecule has 0 saturated heterocycles. The molecule has 0 saturated carbocycles. The Morgan fingerprint density at radius 3 is 2.36 bits per heavy atom. The lowest BCUT2D eigenvalue weighted by Crippen LogP contribution is -2.01. The van der Waals surface area contributed by atoms with Gasteiger partial charge in [-0.1, -0.05) is 18.2 Å². The summed E-state index contributed by atoms with van der Waals surface area (Å²) in [5, 5.41) is 0. The normalized spacial score (nSPS) is 10.8. The first-order chi connectivity index (χ1) is 13.7. The Hall–Kier alpha value is -3.34. The molecule has 0 aliphatic carbocycles. The van der Waals surface area contributed by atoms with Crippen molar-refractivity contribution in [3.63, 3.8) is 0 Å². The van der Waals surface area contributed by atoms with Crippen LogP contribution in [0.2, 0.25) is 0 Å². The minimum absolute atomic E-state index is 0.274. The molecule has 0 radical (unpaired) electrons. The Kier molecular flexibility index (Phi) is 6.63. The predicted molar refractivity (Wildman–Crippen MR) is 109 cm³/mol.